The fraction of sp³-hybridized carbons (Fsp3) is 0.550. The molecule has 26 heavy (non-hydrogen) atoms. The van der Waals surface area contributed by atoms with Gasteiger partial charge in [-0.3, -0.25) is 0 Å². The molecule has 0 atom stereocenters. The van der Waals surface area contributed by atoms with Crippen molar-refractivity contribution < 1.29 is 0 Å². The van der Waals surface area contributed by atoms with Gasteiger partial charge in [-0.05, 0) is 43.4 Å². The van der Waals surface area contributed by atoms with Crippen LogP contribution in [0.25, 0.3) is 0 Å². The van der Waals surface area contributed by atoms with Crippen LogP contribution in [0.1, 0.15) is 49.6 Å². The van der Waals surface area contributed by atoms with Crippen molar-refractivity contribution in [1.82, 2.24) is 15.0 Å². The van der Waals surface area contributed by atoms with E-state index in [0.29, 0.717) is 5.92 Å². The summed E-state index contributed by atoms with van der Waals surface area (Å²) in [5.41, 5.74) is 3.34. The van der Waals surface area contributed by atoms with Gasteiger partial charge in [0, 0.05) is 45.5 Å². The van der Waals surface area contributed by atoms with Crippen molar-refractivity contribution in [2.45, 2.75) is 46.1 Å². The standard InChI is InChI=1S/C20H30N6/c1-14(2)17-12-18(24-20(23-17)25(4)5)21-13-16-10-15(3)22-19(11-16)26-8-6-7-9-26/h10-12,14H,6-9,13H2,1-5H3,(H,21,23,24). The molecule has 0 unspecified atom stereocenters. The molecular formula is C20H30N6. The van der Waals surface area contributed by atoms with E-state index in [4.69, 9.17) is 4.98 Å². The lowest BCUT2D eigenvalue weighted by atomic mass is 10.1. The Balaban J connectivity index is 1.78. The predicted molar refractivity (Wildman–Crippen MR) is 108 cm³/mol. The zero-order valence-electron chi connectivity index (χ0n) is 16.6. The van der Waals surface area contributed by atoms with Crippen molar-refractivity contribution >= 4 is 17.6 Å². The Kier molecular flexibility index (Phi) is 5.59. The van der Waals surface area contributed by atoms with E-state index in [1.165, 1.54) is 18.4 Å². The third-order valence-electron chi connectivity index (χ3n) is 4.63. The first kappa shape index (κ1) is 18.4. The highest BCUT2D eigenvalue weighted by molar-refractivity contribution is 5.47. The van der Waals surface area contributed by atoms with Crippen LogP contribution in [0.2, 0.25) is 0 Å². The number of aryl methyl sites for hydroxylation is 1. The number of rotatable bonds is 6. The van der Waals surface area contributed by atoms with E-state index in [1.807, 2.05) is 25.1 Å². The second-order valence-electron chi connectivity index (χ2n) is 7.55. The minimum absolute atomic E-state index is 0.363. The molecule has 6 heteroatoms. The summed E-state index contributed by atoms with van der Waals surface area (Å²) in [7, 11) is 3.94. The highest BCUT2D eigenvalue weighted by atomic mass is 15.2. The Morgan fingerprint density at radius 2 is 1.81 bits per heavy atom. The lowest BCUT2D eigenvalue weighted by Crippen LogP contribution is -2.19. The summed E-state index contributed by atoms with van der Waals surface area (Å²) < 4.78 is 0. The van der Waals surface area contributed by atoms with Crippen LogP contribution < -0.4 is 15.1 Å². The van der Waals surface area contributed by atoms with E-state index in [2.05, 4.69) is 53.1 Å². The van der Waals surface area contributed by atoms with E-state index in [9.17, 15) is 0 Å². The number of anilines is 3. The molecule has 0 bridgehead atoms. The van der Waals surface area contributed by atoms with Gasteiger partial charge in [0.2, 0.25) is 5.95 Å². The third-order valence-corrected chi connectivity index (χ3v) is 4.63. The van der Waals surface area contributed by atoms with Crippen LogP contribution in [0.4, 0.5) is 17.6 Å². The Bertz CT molecular complexity index is 724. The first-order chi connectivity index (χ1) is 12.4. The maximum atomic E-state index is 4.71. The van der Waals surface area contributed by atoms with Gasteiger partial charge in [0.1, 0.15) is 11.6 Å². The second kappa shape index (κ2) is 7.89. The van der Waals surface area contributed by atoms with E-state index in [-0.39, 0.29) is 0 Å². The largest absolute Gasteiger partial charge is 0.366 e. The Morgan fingerprint density at radius 3 is 2.46 bits per heavy atom. The maximum Gasteiger partial charge on any atom is 0.227 e. The number of hydrogen-bond donors (Lipinski definition) is 1. The zero-order valence-corrected chi connectivity index (χ0v) is 16.6. The van der Waals surface area contributed by atoms with Gasteiger partial charge in [-0.1, -0.05) is 13.8 Å². The molecule has 0 aliphatic carbocycles. The number of pyridine rings is 1. The summed E-state index contributed by atoms with van der Waals surface area (Å²) in [6.45, 7) is 9.32. The summed E-state index contributed by atoms with van der Waals surface area (Å²) >= 11 is 0. The topological polar surface area (TPSA) is 57.2 Å². The molecule has 1 aliphatic rings. The van der Waals surface area contributed by atoms with Gasteiger partial charge in [0.15, 0.2) is 0 Å². The smallest absolute Gasteiger partial charge is 0.227 e. The van der Waals surface area contributed by atoms with Crippen LogP contribution in [0.5, 0.6) is 0 Å². The van der Waals surface area contributed by atoms with Crippen LogP contribution in [0, 0.1) is 6.92 Å². The molecule has 0 aromatic carbocycles. The van der Waals surface area contributed by atoms with E-state index in [0.717, 1.165) is 48.6 Å². The number of aromatic nitrogens is 3. The van der Waals surface area contributed by atoms with Gasteiger partial charge in [0.05, 0.1) is 5.69 Å². The molecular weight excluding hydrogens is 324 g/mol. The fourth-order valence-corrected chi connectivity index (χ4v) is 3.16. The molecule has 1 N–H and O–H groups in total. The van der Waals surface area contributed by atoms with Gasteiger partial charge in [-0.25, -0.2) is 9.97 Å². The van der Waals surface area contributed by atoms with Gasteiger partial charge in [-0.15, -0.1) is 0 Å². The molecule has 0 amide bonds. The van der Waals surface area contributed by atoms with Crippen molar-refractivity contribution in [1.29, 1.82) is 0 Å². The summed E-state index contributed by atoms with van der Waals surface area (Å²) in [6, 6.07) is 6.39. The van der Waals surface area contributed by atoms with Crippen LogP contribution >= 0.6 is 0 Å². The second-order valence-corrected chi connectivity index (χ2v) is 7.55. The minimum Gasteiger partial charge on any atom is -0.366 e. The molecule has 1 fully saturated rings. The van der Waals surface area contributed by atoms with Crippen molar-refractivity contribution in [3.63, 3.8) is 0 Å². The molecule has 2 aromatic rings. The normalized spacial score (nSPS) is 14.2. The van der Waals surface area contributed by atoms with Gasteiger partial charge in [-0.2, -0.15) is 4.98 Å². The Hall–Kier alpha value is -2.37. The van der Waals surface area contributed by atoms with Crippen molar-refractivity contribution in [3.8, 4) is 0 Å². The van der Waals surface area contributed by atoms with Gasteiger partial charge >= 0.3 is 0 Å². The minimum atomic E-state index is 0.363. The summed E-state index contributed by atoms with van der Waals surface area (Å²) in [5.74, 6) is 3.06. The van der Waals surface area contributed by atoms with Gasteiger partial charge < -0.3 is 15.1 Å². The molecule has 0 spiro atoms. The first-order valence-corrected chi connectivity index (χ1v) is 9.45. The molecule has 1 saturated heterocycles. The van der Waals surface area contributed by atoms with Gasteiger partial charge in [0.25, 0.3) is 0 Å². The summed E-state index contributed by atoms with van der Waals surface area (Å²) in [4.78, 5) is 18.3. The van der Waals surface area contributed by atoms with Crippen LogP contribution in [0.15, 0.2) is 18.2 Å². The SMILES string of the molecule is Cc1cc(CNc2cc(C(C)C)nc(N(C)C)n2)cc(N2CCCC2)n1. The lowest BCUT2D eigenvalue weighted by molar-refractivity contribution is 0.806. The zero-order chi connectivity index (χ0) is 18.7. The molecule has 0 radical (unpaired) electrons. The number of hydrogen-bond acceptors (Lipinski definition) is 6. The maximum absolute atomic E-state index is 4.71. The summed E-state index contributed by atoms with van der Waals surface area (Å²) in [6.07, 6.45) is 2.52. The van der Waals surface area contributed by atoms with Crippen molar-refractivity contribution in [2.24, 2.45) is 0 Å². The molecule has 6 nitrogen and oxygen atoms in total. The van der Waals surface area contributed by atoms with E-state index < -0.39 is 0 Å². The highest BCUT2D eigenvalue weighted by Gasteiger charge is 2.15. The average Bonchev–Trinajstić information content (AvgIpc) is 3.14. The van der Waals surface area contributed by atoms with Crippen LogP contribution in [-0.2, 0) is 6.54 Å². The highest BCUT2D eigenvalue weighted by Crippen LogP contribution is 2.22. The number of nitrogens with one attached hydrogen (secondary N) is 1. The third kappa shape index (κ3) is 4.42. The molecule has 0 saturated carbocycles. The lowest BCUT2D eigenvalue weighted by Gasteiger charge is -2.19. The van der Waals surface area contributed by atoms with Crippen LogP contribution in [0.3, 0.4) is 0 Å². The van der Waals surface area contributed by atoms with E-state index >= 15 is 0 Å². The average molecular weight is 355 g/mol. The first-order valence-electron chi connectivity index (χ1n) is 9.45. The number of nitrogens with zero attached hydrogens (tertiary/aromatic N) is 5. The quantitative estimate of drug-likeness (QED) is 0.856. The monoisotopic (exact) mass is 354 g/mol. The van der Waals surface area contributed by atoms with Crippen molar-refractivity contribution in [3.05, 3.63) is 35.2 Å². The molecule has 3 heterocycles. The molecule has 140 valence electrons. The van der Waals surface area contributed by atoms with Crippen molar-refractivity contribution in [2.75, 3.05) is 42.3 Å². The predicted octanol–water partition coefficient (Wildman–Crippen LogP) is 3.58. The molecule has 1 aliphatic heterocycles. The van der Waals surface area contributed by atoms with Crippen LogP contribution in [-0.4, -0.2) is 42.1 Å². The fourth-order valence-electron chi connectivity index (χ4n) is 3.16. The molecule has 2 aromatic heterocycles. The summed E-state index contributed by atoms with van der Waals surface area (Å²) in [5, 5.41) is 3.47. The molecule has 3 rings (SSSR count). The Morgan fingerprint density at radius 1 is 1.08 bits per heavy atom. The van der Waals surface area contributed by atoms with E-state index in [1.54, 1.807) is 0 Å². The Labute approximate surface area is 156 Å².